The van der Waals surface area contributed by atoms with Gasteiger partial charge in [0.2, 0.25) is 0 Å². The molecule has 1 nitrogen and oxygen atoms in total. The highest BCUT2D eigenvalue weighted by atomic mass is 16.5. The normalized spacial score (nSPS) is 11.8. The number of hydrogen-bond acceptors (Lipinski definition) is 1. The van der Waals surface area contributed by atoms with Gasteiger partial charge in [-0.05, 0) is 37.3 Å². The van der Waals surface area contributed by atoms with Crippen LogP contribution < -0.4 is 0 Å². The molecule has 1 aromatic rings. The van der Waals surface area contributed by atoms with Gasteiger partial charge < -0.3 is 4.74 Å². The van der Waals surface area contributed by atoms with Gasteiger partial charge in [0.05, 0.1) is 12.2 Å². The van der Waals surface area contributed by atoms with Crippen molar-refractivity contribution in [3.05, 3.63) is 42.5 Å². The zero-order chi connectivity index (χ0) is 14.3. The molecule has 0 aliphatic rings. The number of rotatable bonds is 8. The largest absolute Gasteiger partial charge is 0.371 e. The molecule has 0 aromatic heterocycles. The second kappa shape index (κ2) is 7.49. The fraction of sp³-hybridized carbons (Fsp3) is 0.556. The lowest BCUT2D eigenvalue weighted by atomic mass is 9.97. The Morgan fingerprint density at radius 2 is 1.84 bits per heavy atom. The van der Waals surface area contributed by atoms with Crippen molar-refractivity contribution in [2.24, 2.45) is 5.92 Å². The molecule has 1 rings (SSSR count). The van der Waals surface area contributed by atoms with Gasteiger partial charge in [-0.15, -0.1) is 0 Å². The van der Waals surface area contributed by atoms with Crippen molar-refractivity contribution in [2.75, 3.05) is 6.61 Å². The average molecular weight is 260 g/mol. The average Bonchev–Trinajstić information content (AvgIpc) is 2.36. The monoisotopic (exact) mass is 260 g/mol. The lowest BCUT2D eigenvalue weighted by molar-refractivity contribution is -0.00641. The Kier molecular flexibility index (Phi) is 6.30. The highest BCUT2D eigenvalue weighted by molar-refractivity contribution is 5.63. The molecule has 0 fully saturated rings. The summed E-state index contributed by atoms with van der Waals surface area (Å²) in [5, 5.41) is 0. The van der Waals surface area contributed by atoms with Gasteiger partial charge in [-0.25, -0.2) is 0 Å². The highest BCUT2D eigenvalue weighted by Crippen LogP contribution is 2.22. The summed E-state index contributed by atoms with van der Waals surface area (Å²) in [4.78, 5) is 0. The van der Waals surface area contributed by atoms with E-state index < -0.39 is 0 Å². The van der Waals surface area contributed by atoms with Crippen LogP contribution in [0.4, 0.5) is 0 Å². The molecule has 0 unspecified atom stereocenters. The van der Waals surface area contributed by atoms with Crippen molar-refractivity contribution in [2.45, 2.75) is 52.6 Å². The molecule has 0 spiro atoms. The van der Waals surface area contributed by atoms with Crippen LogP contribution in [0.2, 0.25) is 0 Å². The van der Waals surface area contributed by atoms with E-state index in [0.717, 1.165) is 17.9 Å². The highest BCUT2D eigenvalue weighted by Gasteiger charge is 2.18. The molecule has 0 aliphatic carbocycles. The van der Waals surface area contributed by atoms with Crippen molar-refractivity contribution < 1.29 is 4.74 Å². The van der Waals surface area contributed by atoms with Gasteiger partial charge in [0.25, 0.3) is 0 Å². The molecule has 0 bridgehead atoms. The Morgan fingerprint density at radius 3 is 2.42 bits per heavy atom. The van der Waals surface area contributed by atoms with Crippen LogP contribution >= 0.6 is 0 Å². The molecule has 0 aliphatic heterocycles. The van der Waals surface area contributed by atoms with Gasteiger partial charge >= 0.3 is 0 Å². The molecule has 0 radical (unpaired) electrons. The van der Waals surface area contributed by atoms with Crippen molar-refractivity contribution >= 4 is 5.57 Å². The van der Waals surface area contributed by atoms with E-state index in [-0.39, 0.29) is 5.60 Å². The van der Waals surface area contributed by atoms with Crippen LogP contribution in [-0.4, -0.2) is 12.2 Å². The van der Waals surface area contributed by atoms with Crippen LogP contribution in [0.25, 0.3) is 5.57 Å². The third kappa shape index (κ3) is 6.58. The Bertz CT molecular complexity index is 376. The summed E-state index contributed by atoms with van der Waals surface area (Å²) in [6.45, 7) is 13.6. The SMILES string of the molecule is C=C(COC(C)(C)CCCC(C)C)c1ccccc1. The van der Waals surface area contributed by atoms with E-state index in [2.05, 4.69) is 46.4 Å². The van der Waals surface area contributed by atoms with Crippen molar-refractivity contribution in [3.63, 3.8) is 0 Å². The maximum atomic E-state index is 6.03. The molecular formula is C18H28O. The fourth-order valence-electron chi connectivity index (χ4n) is 2.05. The second-order valence-electron chi connectivity index (χ2n) is 6.30. The third-order valence-electron chi connectivity index (χ3n) is 3.38. The molecule has 0 N–H and O–H groups in total. The van der Waals surface area contributed by atoms with E-state index in [9.17, 15) is 0 Å². The summed E-state index contributed by atoms with van der Waals surface area (Å²) in [6, 6.07) is 10.3. The minimum atomic E-state index is -0.0629. The predicted octanol–water partition coefficient (Wildman–Crippen LogP) is 5.32. The van der Waals surface area contributed by atoms with E-state index in [4.69, 9.17) is 4.74 Å². The molecule has 0 atom stereocenters. The maximum Gasteiger partial charge on any atom is 0.0724 e. The molecule has 1 aromatic carbocycles. The molecule has 0 saturated heterocycles. The second-order valence-corrected chi connectivity index (χ2v) is 6.30. The third-order valence-corrected chi connectivity index (χ3v) is 3.38. The fourth-order valence-corrected chi connectivity index (χ4v) is 2.05. The summed E-state index contributed by atoms with van der Waals surface area (Å²) in [7, 11) is 0. The zero-order valence-corrected chi connectivity index (χ0v) is 12.9. The zero-order valence-electron chi connectivity index (χ0n) is 12.9. The Morgan fingerprint density at radius 1 is 1.21 bits per heavy atom. The van der Waals surface area contributed by atoms with Crippen LogP contribution in [-0.2, 0) is 4.74 Å². The van der Waals surface area contributed by atoms with Gasteiger partial charge in [0.1, 0.15) is 0 Å². The Balaban J connectivity index is 2.36. The predicted molar refractivity (Wildman–Crippen MR) is 84.2 cm³/mol. The molecule has 1 heteroatoms. The van der Waals surface area contributed by atoms with E-state index in [1.807, 2.05) is 18.2 Å². The van der Waals surface area contributed by atoms with Crippen molar-refractivity contribution in [1.82, 2.24) is 0 Å². The van der Waals surface area contributed by atoms with E-state index in [1.165, 1.54) is 18.4 Å². The molecule has 0 saturated carbocycles. The number of hydrogen-bond donors (Lipinski definition) is 0. The summed E-state index contributed by atoms with van der Waals surface area (Å²) < 4.78 is 6.03. The topological polar surface area (TPSA) is 9.23 Å². The molecular weight excluding hydrogens is 232 g/mol. The first kappa shape index (κ1) is 16.0. The number of benzene rings is 1. The Labute approximate surface area is 118 Å². The van der Waals surface area contributed by atoms with Crippen molar-refractivity contribution in [3.8, 4) is 0 Å². The first-order valence-corrected chi connectivity index (χ1v) is 7.28. The van der Waals surface area contributed by atoms with Crippen LogP contribution in [0, 0.1) is 5.92 Å². The van der Waals surface area contributed by atoms with Gasteiger partial charge in [-0.2, -0.15) is 0 Å². The van der Waals surface area contributed by atoms with E-state index >= 15 is 0 Å². The summed E-state index contributed by atoms with van der Waals surface area (Å²) in [6.07, 6.45) is 3.60. The number of ether oxygens (including phenoxy) is 1. The van der Waals surface area contributed by atoms with Crippen LogP contribution in [0.3, 0.4) is 0 Å². The summed E-state index contributed by atoms with van der Waals surface area (Å²) in [5.74, 6) is 0.773. The first-order valence-electron chi connectivity index (χ1n) is 7.28. The first-order chi connectivity index (χ1) is 8.91. The van der Waals surface area contributed by atoms with Crippen LogP contribution in [0.15, 0.2) is 36.9 Å². The van der Waals surface area contributed by atoms with Gasteiger partial charge in [0.15, 0.2) is 0 Å². The van der Waals surface area contributed by atoms with E-state index in [0.29, 0.717) is 6.61 Å². The summed E-state index contributed by atoms with van der Waals surface area (Å²) in [5.41, 5.74) is 2.16. The summed E-state index contributed by atoms with van der Waals surface area (Å²) >= 11 is 0. The lowest BCUT2D eigenvalue weighted by Gasteiger charge is -2.26. The molecule has 0 heterocycles. The van der Waals surface area contributed by atoms with Gasteiger partial charge in [-0.3, -0.25) is 0 Å². The standard InChI is InChI=1S/C18H28O/c1-15(2)10-9-13-18(4,5)19-14-16(3)17-11-7-6-8-12-17/h6-8,11-12,15H,3,9-10,13-14H2,1-2,4-5H3. The molecule has 19 heavy (non-hydrogen) atoms. The quantitative estimate of drug-likeness (QED) is 0.614. The van der Waals surface area contributed by atoms with Gasteiger partial charge in [-0.1, -0.05) is 63.6 Å². The van der Waals surface area contributed by atoms with Crippen LogP contribution in [0.1, 0.15) is 52.5 Å². The molecule has 0 amide bonds. The smallest absolute Gasteiger partial charge is 0.0724 e. The lowest BCUT2D eigenvalue weighted by Crippen LogP contribution is -2.25. The molecule has 106 valence electrons. The minimum absolute atomic E-state index is 0.0629. The minimum Gasteiger partial charge on any atom is -0.371 e. The van der Waals surface area contributed by atoms with E-state index in [1.54, 1.807) is 0 Å². The van der Waals surface area contributed by atoms with Gasteiger partial charge in [0, 0.05) is 0 Å². The maximum absolute atomic E-state index is 6.03. The Hall–Kier alpha value is -1.08. The van der Waals surface area contributed by atoms with Crippen molar-refractivity contribution in [1.29, 1.82) is 0 Å². The van der Waals surface area contributed by atoms with Crippen LogP contribution in [0.5, 0.6) is 0 Å².